The number of alkyl halides is 1. The number of rotatable bonds is 10. The summed E-state index contributed by atoms with van der Waals surface area (Å²) in [5.74, 6) is 1.91. The number of aryl methyl sites for hydroxylation is 1. The van der Waals surface area contributed by atoms with Crippen LogP contribution in [0.15, 0.2) is 30.3 Å². The molecule has 126 valence electrons. The van der Waals surface area contributed by atoms with Crippen LogP contribution in [0.25, 0.3) is 10.8 Å². The average Bonchev–Trinajstić information content (AvgIpc) is 2.57. The van der Waals surface area contributed by atoms with Gasteiger partial charge in [0.15, 0.2) is 0 Å². The molecule has 2 rings (SSSR count). The molecule has 23 heavy (non-hydrogen) atoms. The van der Waals surface area contributed by atoms with Gasteiger partial charge in [-0.25, -0.2) is 0 Å². The summed E-state index contributed by atoms with van der Waals surface area (Å²) in [6.07, 6.45) is 7.61. The van der Waals surface area contributed by atoms with E-state index in [4.69, 9.17) is 9.47 Å². The molecule has 0 aliphatic heterocycles. The molecule has 0 bridgehead atoms. The van der Waals surface area contributed by atoms with E-state index in [-0.39, 0.29) is 0 Å². The van der Waals surface area contributed by atoms with E-state index in [1.54, 1.807) is 7.11 Å². The fourth-order valence-corrected chi connectivity index (χ4v) is 3.32. The van der Waals surface area contributed by atoms with Gasteiger partial charge >= 0.3 is 0 Å². The molecule has 0 amide bonds. The van der Waals surface area contributed by atoms with Gasteiger partial charge in [-0.05, 0) is 31.4 Å². The van der Waals surface area contributed by atoms with Gasteiger partial charge in [0.2, 0.25) is 0 Å². The molecule has 0 unspecified atom stereocenters. The summed E-state index contributed by atoms with van der Waals surface area (Å²) in [5, 5.41) is 3.38. The minimum atomic E-state index is 0.786. The number of hydrogen-bond acceptors (Lipinski definition) is 2. The molecule has 0 saturated carbocycles. The molecule has 2 aromatic carbocycles. The van der Waals surface area contributed by atoms with Gasteiger partial charge in [-0.3, -0.25) is 0 Å². The van der Waals surface area contributed by atoms with E-state index >= 15 is 0 Å². The van der Waals surface area contributed by atoms with Gasteiger partial charge in [0, 0.05) is 16.1 Å². The van der Waals surface area contributed by atoms with E-state index in [0.29, 0.717) is 0 Å². The average molecular weight is 379 g/mol. The van der Waals surface area contributed by atoms with Gasteiger partial charge < -0.3 is 9.47 Å². The van der Waals surface area contributed by atoms with Gasteiger partial charge in [-0.2, -0.15) is 0 Å². The molecule has 0 aliphatic rings. The van der Waals surface area contributed by atoms with Crippen LogP contribution in [0, 0.1) is 6.92 Å². The highest BCUT2D eigenvalue weighted by Gasteiger charge is 2.10. The molecule has 2 aromatic rings. The maximum atomic E-state index is 6.06. The van der Waals surface area contributed by atoms with Crippen molar-refractivity contribution in [3.8, 4) is 11.5 Å². The summed E-state index contributed by atoms with van der Waals surface area (Å²) >= 11 is 3.48. The van der Waals surface area contributed by atoms with Crippen molar-refractivity contribution >= 4 is 26.7 Å². The Bertz CT molecular complexity index is 610. The van der Waals surface area contributed by atoms with Crippen molar-refractivity contribution in [3.63, 3.8) is 0 Å². The van der Waals surface area contributed by atoms with Crippen molar-refractivity contribution in [1.29, 1.82) is 0 Å². The summed E-state index contributed by atoms with van der Waals surface area (Å²) in [5.41, 5.74) is 1.12. The smallest absolute Gasteiger partial charge is 0.129 e. The van der Waals surface area contributed by atoms with Gasteiger partial charge in [0.25, 0.3) is 0 Å². The predicted octanol–water partition coefficient (Wildman–Crippen LogP) is 6.27. The van der Waals surface area contributed by atoms with Gasteiger partial charge in [-0.15, -0.1) is 0 Å². The Kier molecular flexibility index (Phi) is 7.73. The van der Waals surface area contributed by atoms with Crippen LogP contribution in [-0.2, 0) is 0 Å². The van der Waals surface area contributed by atoms with E-state index in [0.717, 1.165) is 46.2 Å². The number of fused-ring (bicyclic) bond motifs is 1. The normalized spacial score (nSPS) is 10.9. The van der Waals surface area contributed by atoms with Crippen LogP contribution in [0.5, 0.6) is 11.5 Å². The lowest BCUT2D eigenvalue weighted by atomic mass is 10.0. The molecule has 3 heteroatoms. The number of methoxy groups -OCH3 is 1. The van der Waals surface area contributed by atoms with Crippen LogP contribution >= 0.6 is 15.9 Å². The van der Waals surface area contributed by atoms with Crippen molar-refractivity contribution in [2.45, 2.75) is 45.4 Å². The molecule has 0 heterocycles. The maximum absolute atomic E-state index is 6.06. The third kappa shape index (κ3) is 5.13. The van der Waals surface area contributed by atoms with Gasteiger partial charge in [0.05, 0.1) is 13.7 Å². The molecular formula is C20H27BrO2. The number of benzene rings is 2. The lowest BCUT2D eigenvalue weighted by Crippen LogP contribution is -1.99. The first-order valence-electron chi connectivity index (χ1n) is 8.53. The second kappa shape index (κ2) is 9.82. The Morgan fingerprint density at radius 2 is 1.57 bits per heavy atom. The minimum Gasteiger partial charge on any atom is -0.496 e. The number of unbranched alkanes of at least 4 members (excludes halogenated alkanes) is 5. The second-order valence-electron chi connectivity index (χ2n) is 5.93. The highest BCUT2D eigenvalue weighted by molar-refractivity contribution is 9.09. The zero-order valence-electron chi connectivity index (χ0n) is 14.2. The van der Waals surface area contributed by atoms with E-state index in [1.807, 2.05) is 12.1 Å². The molecule has 0 saturated heterocycles. The molecule has 0 aliphatic carbocycles. The lowest BCUT2D eigenvalue weighted by molar-refractivity contribution is 0.307. The highest BCUT2D eigenvalue weighted by atomic mass is 79.9. The van der Waals surface area contributed by atoms with Crippen molar-refractivity contribution in [2.75, 3.05) is 19.0 Å². The van der Waals surface area contributed by atoms with Crippen LogP contribution in [-0.4, -0.2) is 19.0 Å². The monoisotopic (exact) mass is 378 g/mol. The summed E-state index contributed by atoms with van der Waals surface area (Å²) in [7, 11) is 1.73. The third-order valence-corrected chi connectivity index (χ3v) is 4.69. The van der Waals surface area contributed by atoms with Crippen LogP contribution in [0.4, 0.5) is 0 Å². The van der Waals surface area contributed by atoms with Crippen LogP contribution in [0.3, 0.4) is 0 Å². The Balaban J connectivity index is 1.91. The highest BCUT2D eigenvalue weighted by Crippen LogP contribution is 2.36. The minimum absolute atomic E-state index is 0.786. The molecule has 2 nitrogen and oxygen atoms in total. The van der Waals surface area contributed by atoms with E-state index < -0.39 is 0 Å². The molecule has 0 atom stereocenters. The number of hydrogen-bond donors (Lipinski definition) is 0. The number of halogens is 1. The van der Waals surface area contributed by atoms with E-state index in [1.165, 1.54) is 32.1 Å². The molecule has 0 spiro atoms. The van der Waals surface area contributed by atoms with Crippen molar-refractivity contribution in [1.82, 2.24) is 0 Å². The molecule has 0 radical (unpaired) electrons. The Hall–Kier alpha value is -1.22. The summed E-state index contributed by atoms with van der Waals surface area (Å²) < 4.78 is 11.6. The van der Waals surface area contributed by atoms with Gasteiger partial charge in [0.1, 0.15) is 11.5 Å². The molecule has 0 fully saturated rings. The zero-order chi connectivity index (χ0) is 16.5. The van der Waals surface area contributed by atoms with E-state index in [9.17, 15) is 0 Å². The topological polar surface area (TPSA) is 18.5 Å². The molecular weight excluding hydrogens is 352 g/mol. The summed E-state index contributed by atoms with van der Waals surface area (Å²) in [4.78, 5) is 0. The quantitative estimate of drug-likeness (QED) is 0.358. The standard InChI is InChI=1S/C20H27BrO2/c1-16-15-19(23-14-10-6-4-3-5-9-13-21)17-11-7-8-12-18(17)20(16)22-2/h7-8,11-12,15H,3-6,9-10,13-14H2,1-2H3. The zero-order valence-corrected chi connectivity index (χ0v) is 15.8. The lowest BCUT2D eigenvalue weighted by Gasteiger charge is -2.14. The first-order chi connectivity index (χ1) is 11.3. The van der Waals surface area contributed by atoms with E-state index in [2.05, 4.69) is 41.1 Å². The van der Waals surface area contributed by atoms with Crippen LogP contribution in [0.1, 0.15) is 44.1 Å². The Morgan fingerprint density at radius 3 is 2.26 bits per heavy atom. The summed E-state index contributed by atoms with van der Waals surface area (Å²) in [6.45, 7) is 2.86. The Morgan fingerprint density at radius 1 is 0.913 bits per heavy atom. The largest absolute Gasteiger partial charge is 0.496 e. The summed E-state index contributed by atoms with van der Waals surface area (Å²) in [6, 6.07) is 10.4. The van der Waals surface area contributed by atoms with Crippen molar-refractivity contribution < 1.29 is 9.47 Å². The van der Waals surface area contributed by atoms with Gasteiger partial charge in [-0.1, -0.05) is 65.9 Å². The van der Waals surface area contributed by atoms with Crippen LogP contribution < -0.4 is 9.47 Å². The Labute approximate surface area is 148 Å². The van der Waals surface area contributed by atoms with Crippen molar-refractivity contribution in [2.24, 2.45) is 0 Å². The fourth-order valence-electron chi connectivity index (χ4n) is 2.92. The molecule has 0 aromatic heterocycles. The maximum Gasteiger partial charge on any atom is 0.129 e. The fraction of sp³-hybridized carbons (Fsp3) is 0.500. The van der Waals surface area contributed by atoms with Crippen LogP contribution in [0.2, 0.25) is 0 Å². The third-order valence-electron chi connectivity index (χ3n) is 4.13. The first-order valence-corrected chi connectivity index (χ1v) is 9.65. The molecule has 0 N–H and O–H groups in total. The van der Waals surface area contributed by atoms with Crippen molar-refractivity contribution in [3.05, 3.63) is 35.9 Å². The second-order valence-corrected chi connectivity index (χ2v) is 6.72. The SMILES string of the molecule is COc1c(C)cc(OCCCCCCCCBr)c2ccccc12. The predicted molar refractivity (Wildman–Crippen MR) is 102 cm³/mol. The number of ether oxygens (including phenoxy) is 2. The first kappa shape index (κ1) is 18.1.